The maximum absolute atomic E-state index is 4.55. The summed E-state index contributed by atoms with van der Waals surface area (Å²) in [5.74, 6) is 1.56. The molecule has 0 amide bonds. The van der Waals surface area contributed by atoms with E-state index in [0.717, 1.165) is 18.1 Å². The highest BCUT2D eigenvalue weighted by Crippen LogP contribution is 2.13. The summed E-state index contributed by atoms with van der Waals surface area (Å²) in [7, 11) is 0. The Morgan fingerprint density at radius 3 is 2.53 bits per heavy atom. The molecule has 2 heterocycles. The third-order valence-corrected chi connectivity index (χ3v) is 2.79. The van der Waals surface area contributed by atoms with Crippen LogP contribution in [0.3, 0.4) is 0 Å². The van der Waals surface area contributed by atoms with Crippen molar-refractivity contribution < 1.29 is 0 Å². The van der Waals surface area contributed by atoms with Gasteiger partial charge in [0.05, 0.1) is 12.2 Å². The van der Waals surface area contributed by atoms with E-state index in [0.29, 0.717) is 12.0 Å². The second-order valence-corrected chi connectivity index (χ2v) is 4.95. The lowest BCUT2D eigenvalue weighted by Crippen LogP contribution is -2.07. The van der Waals surface area contributed by atoms with Crippen molar-refractivity contribution >= 4 is 0 Å². The number of hydrogen-bond donors (Lipinski definition) is 0. The van der Waals surface area contributed by atoms with E-state index >= 15 is 0 Å². The molecular formula is C13H20N4. The molecule has 2 rings (SSSR count). The van der Waals surface area contributed by atoms with Crippen LogP contribution in [0.2, 0.25) is 0 Å². The monoisotopic (exact) mass is 232 g/mol. The van der Waals surface area contributed by atoms with Gasteiger partial charge in [0.15, 0.2) is 0 Å². The summed E-state index contributed by atoms with van der Waals surface area (Å²) >= 11 is 0. The zero-order valence-corrected chi connectivity index (χ0v) is 11.0. The molecule has 92 valence electrons. The van der Waals surface area contributed by atoms with E-state index in [1.54, 1.807) is 0 Å². The van der Waals surface area contributed by atoms with Crippen LogP contribution in [0.25, 0.3) is 0 Å². The Hall–Kier alpha value is -1.58. The van der Waals surface area contributed by atoms with Gasteiger partial charge < -0.3 is 4.57 Å². The molecule has 2 aromatic rings. The van der Waals surface area contributed by atoms with E-state index in [1.165, 1.54) is 0 Å². The average molecular weight is 232 g/mol. The highest BCUT2D eigenvalue weighted by molar-refractivity contribution is 5.05. The molecular weight excluding hydrogens is 212 g/mol. The highest BCUT2D eigenvalue weighted by Gasteiger charge is 2.09. The topological polar surface area (TPSA) is 35.6 Å². The molecule has 0 unspecified atom stereocenters. The quantitative estimate of drug-likeness (QED) is 0.812. The molecule has 0 aliphatic carbocycles. The van der Waals surface area contributed by atoms with Gasteiger partial charge in [-0.2, -0.15) is 5.10 Å². The predicted octanol–water partition coefficient (Wildman–Crippen LogP) is 2.83. The lowest BCUT2D eigenvalue weighted by atomic mass is 10.2. The molecule has 0 radical (unpaired) electrons. The Morgan fingerprint density at radius 2 is 1.94 bits per heavy atom. The van der Waals surface area contributed by atoms with Crippen molar-refractivity contribution in [3.63, 3.8) is 0 Å². The lowest BCUT2D eigenvalue weighted by Gasteiger charge is -2.09. The van der Waals surface area contributed by atoms with Crippen molar-refractivity contribution in [3.8, 4) is 0 Å². The summed E-state index contributed by atoms with van der Waals surface area (Å²) < 4.78 is 4.15. The number of hydrogen-bond acceptors (Lipinski definition) is 2. The third-order valence-electron chi connectivity index (χ3n) is 2.79. The van der Waals surface area contributed by atoms with Crippen molar-refractivity contribution in [2.45, 2.75) is 46.2 Å². The average Bonchev–Trinajstić information content (AvgIpc) is 2.86. The zero-order chi connectivity index (χ0) is 12.4. The first-order chi connectivity index (χ1) is 8.08. The maximum Gasteiger partial charge on any atom is 0.111 e. The van der Waals surface area contributed by atoms with Gasteiger partial charge in [-0.05, 0) is 19.9 Å². The summed E-state index contributed by atoms with van der Waals surface area (Å²) in [6.45, 7) is 9.38. The first kappa shape index (κ1) is 11.9. The second-order valence-electron chi connectivity index (χ2n) is 4.95. The van der Waals surface area contributed by atoms with E-state index in [-0.39, 0.29) is 0 Å². The molecule has 4 nitrogen and oxygen atoms in total. The van der Waals surface area contributed by atoms with Gasteiger partial charge in [0, 0.05) is 30.6 Å². The number of imidazole rings is 1. The minimum absolute atomic E-state index is 0.413. The molecule has 0 fully saturated rings. The van der Waals surface area contributed by atoms with Crippen LogP contribution in [0.15, 0.2) is 24.7 Å². The number of nitrogens with zero attached hydrogens (tertiary/aromatic N) is 4. The van der Waals surface area contributed by atoms with Crippen molar-refractivity contribution in [3.05, 3.63) is 36.2 Å². The minimum Gasteiger partial charge on any atom is -0.329 e. The van der Waals surface area contributed by atoms with Crippen molar-refractivity contribution in [1.29, 1.82) is 0 Å². The van der Waals surface area contributed by atoms with Crippen molar-refractivity contribution in [2.24, 2.45) is 0 Å². The fourth-order valence-electron chi connectivity index (χ4n) is 1.88. The van der Waals surface area contributed by atoms with Crippen LogP contribution in [0.1, 0.15) is 51.2 Å². The first-order valence-corrected chi connectivity index (χ1v) is 6.13. The van der Waals surface area contributed by atoms with Gasteiger partial charge >= 0.3 is 0 Å². The van der Waals surface area contributed by atoms with Crippen LogP contribution < -0.4 is 0 Å². The Morgan fingerprint density at radius 1 is 1.18 bits per heavy atom. The van der Waals surface area contributed by atoms with Crippen LogP contribution >= 0.6 is 0 Å². The summed E-state index contributed by atoms with van der Waals surface area (Å²) in [5.41, 5.74) is 1.08. The van der Waals surface area contributed by atoms with Gasteiger partial charge in [0.25, 0.3) is 0 Å². The van der Waals surface area contributed by atoms with Crippen LogP contribution in [0, 0.1) is 0 Å². The fourth-order valence-corrected chi connectivity index (χ4v) is 1.88. The molecule has 2 aromatic heterocycles. The van der Waals surface area contributed by atoms with Crippen LogP contribution in [-0.4, -0.2) is 19.3 Å². The molecule has 4 heteroatoms. The Balaban J connectivity index is 2.17. The lowest BCUT2D eigenvalue weighted by molar-refractivity contribution is 0.522. The largest absolute Gasteiger partial charge is 0.329 e. The Labute approximate surface area is 102 Å². The van der Waals surface area contributed by atoms with Gasteiger partial charge in [0.2, 0.25) is 0 Å². The smallest absolute Gasteiger partial charge is 0.111 e. The molecule has 17 heavy (non-hydrogen) atoms. The first-order valence-electron chi connectivity index (χ1n) is 6.13. The van der Waals surface area contributed by atoms with Crippen molar-refractivity contribution in [1.82, 2.24) is 19.3 Å². The van der Waals surface area contributed by atoms with Crippen LogP contribution in [0.4, 0.5) is 0 Å². The molecule has 0 aliphatic rings. The maximum atomic E-state index is 4.55. The van der Waals surface area contributed by atoms with Crippen molar-refractivity contribution in [2.75, 3.05) is 0 Å². The molecule has 0 aromatic carbocycles. The van der Waals surface area contributed by atoms with Gasteiger partial charge in [-0.25, -0.2) is 4.98 Å². The van der Waals surface area contributed by atoms with Crippen LogP contribution in [-0.2, 0) is 6.54 Å². The summed E-state index contributed by atoms with van der Waals surface area (Å²) in [6.07, 6.45) is 5.91. The summed E-state index contributed by atoms with van der Waals surface area (Å²) in [5, 5.41) is 4.55. The van der Waals surface area contributed by atoms with Gasteiger partial charge in [-0.3, -0.25) is 4.68 Å². The SMILES string of the molecule is CC(C)c1nccn1Cc1ccn(C(C)C)n1. The van der Waals surface area contributed by atoms with E-state index in [4.69, 9.17) is 0 Å². The molecule has 0 atom stereocenters. The zero-order valence-electron chi connectivity index (χ0n) is 11.0. The molecule has 0 saturated heterocycles. The standard InChI is InChI=1S/C13H20N4/c1-10(2)13-14-6-8-16(13)9-12-5-7-17(15-12)11(3)4/h5-8,10-11H,9H2,1-4H3. The summed E-state index contributed by atoms with van der Waals surface area (Å²) in [6, 6.07) is 2.49. The minimum atomic E-state index is 0.413. The van der Waals surface area contributed by atoms with Gasteiger partial charge in [0.1, 0.15) is 5.82 Å². The second kappa shape index (κ2) is 4.73. The number of aromatic nitrogens is 4. The molecule has 0 spiro atoms. The molecule has 0 bridgehead atoms. The Kier molecular flexibility index (Phi) is 3.31. The highest BCUT2D eigenvalue weighted by atomic mass is 15.3. The predicted molar refractivity (Wildman–Crippen MR) is 68.0 cm³/mol. The Bertz CT molecular complexity index is 479. The molecule has 0 N–H and O–H groups in total. The third kappa shape index (κ3) is 2.57. The van der Waals surface area contributed by atoms with E-state index in [2.05, 4.69) is 48.4 Å². The van der Waals surface area contributed by atoms with Gasteiger partial charge in [-0.15, -0.1) is 0 Å². The normalized spacial score (nSPS) is 11.6. The molecule has 0 aliphatic heterocycles. The van der Waals surface area contributed by atoms with E-state index in [9.17, 15) is 0 Å². The fraction of sp³-hybridized carbons (Fsp3) is 0.538. The summed E-state index contributed by atoms with van der Waals surface area (Å²) in [4.78, 5) is 4.38. The van der Waals surface area contributed by atoms with E-state index < -0.39 is 0 Å². The van der Waals surface area contributed by atoms with E-state index in [1.807, 2.05) is 23.3 Å². The molecule has 0 saturated carbocycles. The van der Waals surface area contributed by atoms with Crippen LogP contribution in [0.5, 0.6) is 0 Å². The van der Waals surface area contributed by atoms with Gasteiger partial charge in [-0.1, -0.05) is 13.8 Å². The number of rotatable bonds is 4.